The Morgan fingerprint density at radius 2 is 0.456 bits per heavy atom. The van der Waals surface area contributed by atoms with Crippen molar-refractivity contribution in [3.63, 3.8) is 0 Å². The van der Waals surface area contributed by atoms with Crippen LogP contribution in [0.3, 0.4) is 0 Å². The number of hydrogen-bond acceptors (Lipinski definition) is 6. The van der Waals surface area contributed by atoms with Crippen molar-refractivity contribution in [2.24, 2.45) is 0 Å². The Balaban J connectivity index is 4.50. The predicted molar refractivity (Wildman–Crippen MR) is 343 cm³/mol. The Kier molecular flexibility index (Phi) is 61.0. The quantitative estimate of drug-likeness (QED) is 0.0261. The molecule has 442 valence electrons. The summed E-state index contributed by atoms with van der Waals surface area (Å²) in [6.07, 6.45) is 96.3. The van der Waals surface area contributed by atoms with Crippen molar-refractivity contribution in [3.05, 3.63) is 170 Å². The summed E-state index contributed by atoms with van der Waals surface area (Å²) in [7, 11) is 0. The highest BCUT2D eigenvalue weighted by atomic mass is 16.6. The highest BCUT2D eigenvalue weighted by molar-refractivity contribution is 5.71. The fourth-order valence-corrected chi connectivity index (χ4v) is 8.07. The van der Waals surface area contributed by atoms with Crippen LogP contribution >= 0.6 is 0 Å². The topological polar surface area (TPSA) is 78.9 Å². The first kappa shape index (κ1) is 73.8. The van der Waals surface area contributed by atoms with Gasteiger partial charge in [-0.2, -0.15) is 0 Å². The van der Waals surface area contributed by atoms with Gasteiger partial charge in [0.1, 0.15) is 13.2 Å². The smallest absolute Gasteiger partial charge is 0.306 e. The van der Waals surface area contributed by atoms with E-state index in [4.69, 9.17) is 14.2 Å². The Bertz CT molecular complexity index is 1820. The lowest BCUT2D eigenvalue weighted by Crippen LogP contribution is -2.30. The maximum absolute atomic E-state index is 12.9. The highest BCUT2D eigenvalue weighted by Crippen LogP contribution is 2.14. The van der Waals surface area contributed by atoms with Crippen LogP contribution in [-0.2, 0) is 28.6 Å². The van der Waals surface area contributed by atoms with E-state index in [0.29, 0.717) is 19.3 Å². The van der Waals surface area contributed by atoms with Crippen molar-refractivity contribution >= 4 is 17.9 Å². The Labute approximate surface area is 485 Å². The predicted octanol–water partition coefficient (Wildman–Crippen LogP) is 21.9. The van der Waals surface area contributed by atoms with E-state index in [2.05, 4.69) is 191 Å². The summed E-state index contributed by atoms with van der Waals surface area (Å²) in [5, 5.41) is 0. The molecule has 79 heavy (non-hydrogen) atoms. The lowest BCUT2D eigenvalue weighted by atomic mass is 10.1. The molecule has 0 aliphatic heterocycles. The summed E-state index contributed by atoms with van der Waals surface area (Å²) >= 11 is 0. The molecule has 0 aromatic carbocycles. The molecule has 0 bridgehead atoms. The van der Waals surface area contributed by atoms with Crippen LogP contribution in [0, 0.1) is 0 Å². The number of hydrogen-bond donors (Lipinski definition) is 0. The average Bonchev–Trinajstić information content (AvgIpc) is 3.45. The van der Waals surface area contributed by atoms with E-state index in [1.54, 1.807) is 0 Å². The molecule has 0 saturated carbocycles. The number of allylic oxidation sites excluding steroid dienone is 28. The van der Waals surface area contributed by atoms with E-state index in [9.17, 15) is 14.4 Å². The Morgan fingerprint density at radius 1 is 0.253 bits per heavy atom. The van der Waals surface area contributed by atoms with Crippen molar-refractivity contribution in [2.45, 2.75) is 258 Å². The van der Waals surface area contributed by atoms with Crippen molar-refractivity contribution in [1.82, 2.24) is 0 Å². The minimum atomic E-state index is -0.820. The fourth-order valence-electron chi connectivity index (χ4n) is 8.07. The molecule has 6 nitrogen and oxygen atoms in total. The third-order valence-electron chi connectivity index (χ3n) is 12.7. The zero-order chi connectivity index (χ0) is 57.1. The third-order valence-corrected chi connectivity index (χ3v) is 12.7. The minimum absolute atomic E-state index is 0.111. The SMILES string of the molecule is CC/C=C\C/C=C\C/C=C\C/C=C\C/C=C\CCCCCCCCCCCC(=O)OCC(COC(=O)CCCCCC/C=C\C/C=C\C/C=C\C/C=C\CC)OC(=O)CCCCC/C=C\C/C=C\C/C=C\C/C=C\C/C=C\CC. The van der Waals surface area contributed by atoms with E-state index < -0.39 is 6.10 Å². The third kappa shape index (κ3) is 63.5. The molecule has 0 aromatic rings. The molecule has 1 atom stereocenters. The van der Waals surface area contributed by atoms with Crippen LogP contribution in [0.5, 0.6) is 0 Å². The van der Waals surface area contributed by atoms with Crippen LogP contribution in [0.15, 0.2) is 170 Å². The second-order valence-corrected chi connectivity index (χ2v) is 20.2. The molecule has 0 aromatic heterocycles. The average molecular weight is 1090 g/mol. The van der Waals surface area contributed by atoms with Gasteiger partial charge < -0.3 is 14.2 Å². The maximum Gasteiger partial charge on any atom is 0.306 e. The molecular formula is C73H114O6. The maximum atomic E-state index is 12.9. The van der Waals surface area contributed by atoms with Gasteiger partial charge in [0, 0.05) is 19.3 Å². The summed E-state index contributed by atoms with van der Waals surface area (Å²) in [4.78, 5) is 38.3. The van der Waals surface area contributed by atoms with Gasteiger partial charge in [-0.1, -0.05) is 255 Å². The number of carbonyl (C=O) groups is 3. The normalized spacial score (nSPS) is 13.3. The molecule has 0 aliphatic carbocycles. The van der Waals surface area contributed by atoms with Gasteiger partial charge in [0.05, 0.1) is 0 Å². The van der Waals surface area contributed by atoms with Gasteiger partial charge in [-0.05, 0) is 148 Å². The largest absolute Gasteiger partial charge is 0.462 e. The van der Waals surface area contributed by atoms with E-state index >= 15 is 0 Å². The number of ether oxygens (including phenoxy) is 3. The second-order valence-electron chi connectivity index (χ2n) is 20.2. The summed E-state index contributed by atoms with van der Waals surface area (Å²) in [5.41, 5.74) is 0. The highest BCUT2D eigenvalue weighted by Gasteiger charge is 2.19. The van der Waals surface area contributed by atoms with Crippen LogP contribution in [0.2, 0.25) is 0 Å². The van der Waals surface area contributed by atoms with Crippen LogP contribution in [-0.4, -0.2) is 37.2 Å². The summed E-state index contributed by atoms with van der Waals surface area (Å²) in [6, 6.07) is 0. The zero-order valence-electron chi connectivity index (χ0n) is 50.6. The number of unbranched alkanes of at least 4 members (excludes halogenated alkanes) is 16. The van der Waals surface area contributed by atoms with Crippen LogP contribution in [0.4, 0.5) is 0 Å². The van der Waals surface area contributed by atoms with E-state index in [0.717, 1.165) is 167 Å². The molecule has 0 spiro atoms. The number of rotatable bonds is 55. The van der Waals surface area contributed by atoms with E-state index in [-0.39, 0.29) is 37.5 Å². The lowest BCUT2D eigenvalue weighted by molar-refractivity contribution is -0.167. The van der Waals surface area contributed by atoms with Gasteiger partial charge >= 0.3 is 17.9 Å². The monoisotopic (exact) mass is 1090 g/mol. The Hall–Kier alpha value is -5.23. The van der Waals surface area contributed by atoms with Gasteiger partial charge in [-0.25, -0.2) is 0 Å². The van der Waals surface area contributed by atoms with Crippen molar-refractivity contribution in [2.75, 3.05) is 13.2 Å². The number of carbonyl (C=O) groups excluding carboxylic acids is 3. The molecule has 0 aliphatic rings. The first-order chi connectivity index (χ1) is 39.0. The molecule has 0 radical (unpaired) electrons. The van der Waals surface area contributed by atoms with E-state index in [1.807, 2.05) is 0 Å². The van der Waals surface area contributed by atoms with Crippen molar-refractivity contribution in [1.29, 1.82) is 0 Å². The van der Waals surface area contributed by atoms with Gasteiger partial charge in [0.25, 0.3) is 0 Å². The first-order valence-electron chi connectivity index (χ1n) is 31.6. The summed E-state index contributed by atoms with van der Waals surface area (Å²) in [6.45, 7) is 6.24. The zero-order valence-corrected chi connectivity index (χ0v) is 50.6. The molecular weight excluding hydrogens is 973 g/mol. The second kappa shape index (κ2) is 65.3. The van der Waals surface area contributed by atoms with Crippen molar-refractivity contribution < 1.29 is 28.6 Å². The molecule has 6 heteroatoms. The van der Waals surface area contributed by atoms with Crippen LogP contribution in [0.1, 0.15) is 252 Å². The number of esters is 3. The van der Waals surface area contributed by atoms with Crippen LogP contribution in [0.25, 0.3) is 0 Å². The van der Waals surface area contributed by atoms with Gasteiger partial charge in [-0.15, -0.1) is 0 Å². The molecule has 0 amide bonds. The first-order valence-corrected chi connectivity index (χ1v) is 31.6. The summed E-state index contributed by atoms with van der Waals surface area (Å²) < 4.78 is 16.9. The molecule has 0 rings (SSSR count). The molecule has 0 saturated heterocycles. The standard InChI is InChI=1S/C73H114O6/c1-4-7-10-13-16-19-22-25-28-31-33-34-35-36-37-38-40-42-45-48-51-54-57-60-63-66-72(75)78-69-70(68-77-71(74)65-62-59-56-53-50-47-44-41-30-27-24-21-18-15-12-9-6-3)79-73(76)67-64-61-58-55-52-49-46-43-39-32-29-26-23-20-17-14-11-8-5-2/h7-12,16-21,25-30,33-34,36-37,39,43-44,47,49,52,70H,4-6,13-15,22-24,31-32,35,38,40-42,45-46,48,50-51,53-69H2,1-3H3/b10-7-,11-8-,12-9-,19-16-,20-17-,21-18-,28-25-,29-26-,30-27-,34-33-,37-36-,43-39-,47-44-,52-49-. The lowest BCUT2D eigenvalue weighted by Gasteiger charge is -2.18. The van der Waals surface area contributed by atoms with Crippen LogP contribution < -0.4 is 0 Å². The minimum Gasteiger partial charge on any atom is -0.462 e. The van der Waals surface area contributed by atoms with Gasteiger partial charge in [-0.3, -0.25) is 14.4 Å². The van der Waals surface area contributed by atoms with E-state index in [1.165, 1.54) is 38.5 Å². The molecule has 0 fully saturated rings. The summed E-state index contributed by atoms with van der Waals surface area (Å²) in [5.74, 6) is -0.978. The molecule has 1 unspecified atom stereocenters. The Morgan fingerprint density at radius 3 is 0.722 bits per heavy atom. The molecule has 0 heterocycles. The fraction of sp³-hybridized carbons (Fsp3) is 0.575. The van der Waals surface area contributed by atoms with Gasteiger partial charge in [0.2, 0.25) is 0 Å². The van der Waals surface area contributed by atoms with Gasteiger partial charge in [0.15, 0.2) is 6.10 Å². The van der Waals surface area contributed by atoms with Crippen molar-refractivity contribution in [3.8, 4) is 0 Å². The molecule has 0 N–H and O–H groups in total.